The molecule has 0 saturated carbocycles. The number of ether oxygens (including phenoxy) is 2. The first kappa shape index (κ1) is 22.9. The van der Waals surface area contributed by atoms with Crippen molar-refractivity contribution in [1.82, 2.24) is 5.43 Å². The number of carbonyl (C=O) groups excluding carboxylic acids is 1. The van der Waals surface area contributed by atoms with Crippen molar-refractivity contribution in [1.29, 1.82) is 0 Å². The van der Waals surface area contributed by atoms with Gasteiger partial charge in [0.1, 0.15) is 12.4 Å². The summed E-state index contributed by atoms with van der Waals surface area (Å²) in [5.74, 6) is 0.861. The normalized spacial score (nSPS) is 11.4. The van der Waals surface area contributed by atoms with Crippen molar-refractivity contribution in [3.05, 3.63) is 89.0 Å². The maximum Gasteiger partial charge on any atom is 0.271 e. The molecule has 3 aromatic rings. The highest BCUT2D eigenvalue weighted by Crippen LogP contribution is 2.26. The number of hydrogen-bond donors (Lipinski definition) is 2. The number of benzene rings is 3. The van der Waals surface area contributed by atoms with Gasteiger partial charge in [-0.25, -0.2) is 5.43 Å². The lowest BCUT2D eigenvalue weighted by Gasteiger charge is -2.19. The first-order valence-corrected chi connectivity index (χ1v) is 10.3. The summed E-state index contributed by atoms with van der Waals surface area (Å²) in [5.41, 5.74) is 5.99. The number of hydrazone groups is 1. The first-order chi connectivity index (χ1) is 15.3. The number of methoxy groups -OCH3 is 1. The standard InChI is InChI=1S/C26H28N2O4/c1-26(2,3)21-10-12-22(13-11-21)32-17-18-5-8-20(9-6-18)25(30)28-27-16-19-7-14-23(29)24(15-19)31-4/h5-16,29H,17H2,1-4H3,(H,28,30)/b27-16+. The van der Waals surface area contributed by atoms with Gasteiger partial charge in [-0.1, -0.05) is 45.0 Å². The van der Waals surface area contributed by atoms with Crippen molar-refractivity contribution in [2.45, 2.75) is 32.8 Å². The molecule has 0 aliphatic heterocycles. The van der Waals surface area contributed by atoms with Gasteiger partial charge >= 0.3 is 0 Å². The Hall–Kier alpha value is -3.80. The second-order valence-electron chi connectivity index (χ2n) is 8.39. The smallest absolute Gasteiger partial charge is 0.271 e. The number of nitrogens with one attached hydrogen (secondary N) is 1. The van der Waals surface area contributed by atoms with Crippen molar-refractivity contribution in [3.63, 3.8) is 0 Å². The third-order valence-corrected chi connectivity index (χ3v) is 4.93. The van der Waals surface area contributed by atoms with E-state index in [2.05, 4.69) is 43.4 Å². The summed E-state index contributed by atoms with van der Waals surface area (Å²) in [6.45, 7) is 6.95. The molecule has 0 radical (unpaired) electrons. The molecule has 0 saturated heterocycles. The Morgan fingerprint density at radius 1 is 1.03 bits per heavy atom. The largest absolute Gasteiger partial charge is 0.504 e. The molecule has 0 fully saturated rings. The topological polar surface area (TPSA) is 80.2 Å². The molecule has 0 aromatic heterocycles. The average Bonchev–Trinajstić information content (AvgIpc) is 2.78. The minimum absolute atomic E-state index is 0.0414. The van der Waals surface area contributed by atoms with E-state index in [0.717, 1.165) is 11.3 Å². The summed E-state index contributed by atoms with van der Waals surface area (Å²) in [4.78, 5) is 12.3. The number of amides is 1. The summed E-state index contributed by atoms with van der Waals surface area (Å²) in [7, 11) is 1.47. The van der Waals surface area contributed by atoms with Crippen LogP contribution < -0.4 is 14.9 Å². The van der Waals surface area contributed by atoms with Gasteiger partial charge in [-0.15, -0.1) is 0 Å². The van der Waals surface area contributed by atoms with E-state index in [9.17, 15) is 9.90 Å². The second-order valence-corrected chi connectivity index (χ2v) is 8.39. The van der Waals surface area contributed by atoms with Crippen LogP contribution >= 0.6 is 0 Å². The molecule has 0 aliphatic carbocycles. The van der Waals surface area contributed by atoms with Crippen molar-refractivity contribution < 1.29 is 19.4 Å². The molecule has 166 valence electrons. The number of phenols is 1. The Labute approximate surface area is 188 Å². The highest BCUT2D eigenvalue weighted by Gasteiger charge is 2.13. The molecule has 0 bridgehead atoms. The van der Waals surface area contributed by atoms with Crippen molar-refractivity contribution in [2.24, 2.45) is 5.10 Å². The lowest BCUT2D eigenvalue weighted by molar-refractivity contribution is 0.0955. The first-order valence-electron chi connectivity index (χ1n) is 10.3. The monoisotopic (exact) mass is 432 g/mol. The fraction of sp³-hybridized carbons (Fsp3) is 0.231. The maximum atomic E-state index is 12.3. The Bertz CT molecular complexity index is 1080. The third kappa shape index (κ3) is 6.11. The highest BCUT2D eigenvalue weighted by atomic mass is 16.5. The number of rotatable bonds is 7. The molecule has 0 aliphatic rings. The predicted molar refractivity (Wildman–Crippen MR) is 126 cm³/mol. The molecule has 32 heavy (non-hydrogen) atoms. The van der Waals surface area contributed by atoms with E-state index in [1.807, 2.05) is 24.3 Å². The van der Waals surface area contributed by atoms with Crippen LogP contribution in [0.3, 0.4) is 0 Å². The summed E-state index contributed by atoms with van der Waals surface area (Å²) in [6, 6.07) is 20.1. The van der Waals surface area contributed by atoms with Crippen LogP contribution in [0.25, 0.3) is 0 Å². The predicted octanol–water partition coefficient (Wildman–Crippen LogP) is 5.04. The van der Waals surface area contributed by atoms with Crippen LogP contribution in [0.4, 0.5) is 0 Å². The zero-order valence-corrected chi connectivity index (χ0v) is 18.8. The molecule has 0 atom stereocenters. The van der Waals surface area contributed by atoms with Crippen molar-refractivity contribution in [3.8, 4) is 17.2 Å². The molecule has 0 spiro atoms. The summed E-state index contributed by atoms with van der Waals surface area (Å²) < 4.78 is 10.9. The average molecular weight is 433 g/mol. The maximum absolute atomic E-state index is 12.3. The van der Waals surface area contributed by atoms with Crippen LogP contribution in [0.2, 0.25) is 0 Å². The Morgan fingerprint density at radius 2 is 1.72 bits per heavy atom. The molecule has 0 unspecified atom stereocenters. The second kappa shape index (κ2) is 10.0. The summed E-state index contributed by atoms with van der Waals surface area (Å²) in [6.07, 6.45) is 1.48. The van der Waals surface area contributed by atoms with Gasteiger partial charge in [0.15, 0.2) is 11.5 Å². The van der Waals surface area contributed by atoms with Crippen LogP contribution in [-0.4, -0.2) is 24.3 Å². The van der Waals surface area contributed by atoms with Gasteiger partial charge in [0.2, 0.25) is 0 Å². The molecule has 1 amide bonds. The molecule has 3 rings (SSSR count). The minimum Gasteiger partial charge on any atom is -0.504 e. The number of carbonyl (C=O) groups is 1. The number of nitrogens with zero attached hydrogens (tertiary/aromatic N) is 1. The van der Waals surface area contributed by atoms with Crippen LogP contribution in [0.15, 0.2) is 71.8 Å². The van der Waals surface area contributed by atoms with E-state index in [-0.39, 0.29) is 17.1 Å². The molecule has 6 nitrogen and oxygen atoms in total. The molecule has 3 aromatic carbocycles. The lowest BCUT2D eigenvalue weighted by Crippen LogP contribution is -2.17. The lowest BCUT2D eigenvalue weighted by atomic mass is 9.87. The SMILES string of the molecule is COc1cc(/C=N/NC(=O)c2ccc(COc3ccc(C(C)(C)C)cc3)cc2)ccc1O. The van der Waals surface area contributed by atoms with E-state index in [1.54, 1.807) is 24.3 Å². The van der Waals surface area contributed by atoms with Crippen LogP contribution in [-0.2, 0) is 12.0 Å². The molecule has 6 heteroatoms. The van der Waals surface area contributed by atoms with Gasteiger partial charge in [0.25, 0.3) is 5.91 Å². The summed E-state index contributed by atoms with van der Waals surface area (Å²) in [5, 5.41) is 13.6. The van der Waals surface area contributed by atoms with E-state index >= 15 is 0 Å². The zero-order chi connectivity index (χ0) is 23.1. The van der Waals surface area contributed by atoms with E-state index in [1.165, 1.54) is 25.0 Å². The van der Waals surface area contributed by atoms with Gasteiger partial charge in [0.05, 0.1) is 13.3 Å². The Balaban J connectivity index is 1.53. The van der Waals surface area contributed by atoms with Crippen LogP contribution in [0, 0.1) is 0 Å². The van der Waals surface area contributed by atoms with Gasteiger partial charge in [-0.2, -0.15) is 5.10 Å². The molecule has 2 N–H and O–H groups in total. The van der Waals surface area contributed by atoms with Crippen molar-refractivity contribution >= 4 is 12.1 Å². The molecular formula is C26H28N2O4. The van der Waals surface area contributed by atoms with Gasteiger partial charge in [0, 0.05) is 5.56 Å². The van der Waals surface area contributed by atoms with Crippen LogP contribution in [0.5, 0.6) is 17.2 Å². The molecule has 0 heterocycles. The van der Waals surface area contributed by atoms with Gasteiger partial charge < -0.3 is 14.6 Å². The Kier molecular flexibility index (Phi) is 7.15. The Morgan fingerprint density at radius 3 is 2.34 bits per heavy atom. The number of hydrogen-bond acceptors (Lipinski definition) is 5. The summed E-state index contributed by atoms with van der Waals surface area (Å²) >= 11 is 0. The number of phenolic OH excluding ortho intramolecular Hbond substituents is 1. The van der Waals surface area contributed by atoms with Gasteiger partial charge in [-0.05, 0) is 64.6 Å². The quantitative estimate of drug-likeness (QED) is 0.405. The van der Waals surface area contributed by atoms with E-state index in [0.29, 0.717) is 23.5 Å². The highest BCUT2D eigenvalue weighted by molar-refractivity contribution is 5.94. The minimum atomic E-state index is -0.322. The third-order valence-electron chi connectivity index (χ3n) is 4.93. The molecular weight excluding hydrogens is 404 g/mol. The van der Waals surface area contributed by atoms with Gasteiger partial charge in [-0.3, -0.25) is 4.79 Å². The fourth-order valence-electron chi connectivity index (χ4n) is 2.97. The van der Waals surface area contributed by atoms with Crippen LogP contribution in [0.1, 0.15) is 47.8 Å². The van der Waals surface area contributed by atoms with E-state index in [4.69, 9.17) is 9.47 Å². The van der Waals surface area contributed by atoms with E-state index < -0.39 is 0 Å². The fourth-order valence-corrected chi connectivity index (χ4v) is 2.97. The van der Waals surface area contributed by atoms with Crippen molar-refractivity contribution in [2.75, 3.05) is 7.11 Å². The zero-order valence-electron chi connectivity index (χ0n) is 18.8. The number of aromatic hydroxyl groups is 1.